The maximum atomic E-state index is 13.2. The summed E-state index contributed by atoms with van der Waals surface area (Å²) in [7, 11) is 0. The van der Waals surface area contributed by atoms with Crippen LogP contribution in [0.25, 0.3) is 0 Å². The normalized spacial score (nSPS) is 14.0. The van der Waals surface area contributed by atoms with Gasteiger partial charge in [-0.1, -0.05) is 259 Å². The van der Waals surface area contributed by atoms with Gasteiger partial charge in [0.05, 0.1) is 25.2 Å². The van der Waals surface area contributed by atoms with Gasteiger partial charge in [0.15, 0.2) is 0 Å². The topological polar surface area (TPSA) is 95.9 Å². The number of esters is 1. The Morgan fingerprint density at radius 2 is 0.881 bits per heavy atom. The summed E-state index contributed by atoms with van der Waals surface area (Å²) in [6, 6.07) is -0.755. The Labute approximate surface area is 413 Å². The van der Waals surface area contributed by atoms with Crippen molar-refractivity contribution in [1.29, 1.82) is 0 Å². The lowest BCUT2D eigenvalue weighted by Gasteiger charge is -2.23. The number of aliphatic hydroxyl groups excluding tert-OH is 2. The summed E-state index contributed by atoms with van der Waals surface area (Å²) in [6.45, 7) is 6.29. The minimum atomic E-state index is -0.831. The van der Waals surface area contributed by atoms with Gasteiger partial charge >= 0.3 is 5.97 Å². The van der Waals surface area contributed by atoms with E-state index in [1.807, 2.05) is 6.08 Å². The molecule has 3 N–H and O–H groups in total. The van der Waals surface area contributed by atoms with Crippen LogP contribution in [0.2, 0.25) is 0 Å². The van der Waals surface area contributed by atoms with Crippen LogP contribution in [0.3, 0.4) is 0 Å². The molecular weight excluding hydrogens is 827 g/mol. The molecular formula is C61H103NO5. The second kappa shape index (κ2) is 53.5. The Kier molecular flexibility index (Phi) is 50.7. The molecule has 1 amide bonds. The second-order valence-electron chi connectivity index (χ2n) is 18.3. The first kappa shape index (κ1) is 63.5. The number of aliphatic hydroxyl groups is 2. The lowest BCUT2D eigenvalue weighted by molar-refractivity contribution is -0.148. The van der Waals surface area contributed by atoms with E-state index in [-0.39, 0.29) is 24.9 Å². The second-order valence-corrected chi connectivity index (χ2v) is 18.3. The highest BCUT2D eigenvalue weighted by atomic mass is 16.5. The van der Waals surface area contributed by atoms with Crippen molar-refractivity contribution in [2.75, 3.05) is 6.61 Å². The number of ether oxygens (including phenoxy) is 1. The third-order valence-corrected chi connectivity index (χ3v) is 11.9. The number of carbonyl (C=O) groups is 2. The summed E-state index contributed by atoms with van der Waals surface area (Å²) in [5, 5.41) is 23.8. The molecule has 0 aliphatic carbocycles. The number of hydrogen-bond acceptors (Lipinski definition) is 5. The van der Waals surface area contributed by atoms with Crippen LogP contribution in [-0.4, -0.2) is 46.9 Å². The molecule has 0 saturated heterocycles. The van der Waals surface area contributed by atoms with Crippen molar-refractivity contribution >= 4 is 11.9 Å². The van der Waals surface area contributed by atoms with Crippen molar-refractivity contribution in [3.05, 3.63) is 109 Å². The van der Waals surface area contributed by atoms with Crippen molar-refractivity contribution in [3.63, 3.8) is 0 Å². The summed E-state index contributed by atoms with van der Waals surface area (Å²) >= 11 is 0. The van der Waals surface area contributed by atoms with Gasteiger partial charge in [0.25, 0.3) is 0 Å². The smallest absolute Gasteiger partial charge is 0.306 e. The summed E-state index contributed by atoms with van der Waals surface area (Å²) in [4.78, 5) is 26.2. The van der Waals surface area contributed by atoms with E-state index in [0.29, 0.717) is 19.3 Å². The molecule has 3 unspecified atom stereocenters. The van der Waals surface area contributed by atoms with Gasteiger partial charge in [-0.15, -0.1) is 0 Å². The minimum Gasteiger partial charge on any atom is -0.458 e. The fourth-order valence-corrected chi connectivity index (χ4v) is 7.76. The zero-order valence-corrected chi connectivity index (χ0v) is 43.5. The molecule has 0 heterocycles. The molecule has 0 aromatic heterocycles. The summed E-state index contributed by atoms with van der Waals surface area (Å²) < 4.78 is 5.83. The summed E-state index contributed by atoms with van der Waals surface area (Å²) in [6.07, 6.45) is 73.2. The zero-order chi connectivity index (χ0) is 48.8. The average molecular weight is 930 g/mol. The molecule has 6 nitrogen and oxygen atoms in total. The Hall–Kier alpha value is -3.48. The Balaban J connectivity index is 4.73. The maximum absolute atomic E-state index is 13.2. The number of allylic oxidation sites excluding steroid dienone is 17. The third-order valence-electron chi connectivity index (χ3n) is 11.9. The minimum absolute atomic E-state index is 0.0616. The van der Waals surface area contributed by atoms with E-state index in [9.17, 15) is 19.8 Å². The van der Waals surface area contributed by atoms with Gasteiger partial charge in [-0.25, -0.2) is 0 Å². The molecule has 382 valence electrons. The van der Waals surface area contributed by atoms with Crippen molar-refractivity contribution in [2.24, 2.45) is 0 Å². The lowest BCUT2D eigenvalue weighted by Crippen LogP contribution is -2.46. The standard InChI is InChI=1S/C61H103NO5/c1-4-7-10-13-16-19-22-25-28-30-31-33-36-39-42-45-48-51-54-61(66)67-57(52-49-46-43-40-37-34-27-24-21-18-15-12-9-6-3)55-60(65)62-58(56-63)59(64)53-50-47-44-41-38-35-32-29-26-23-20-17-14-11-8-5-2/h9,12,16,18-19,21-22,25,27-28,30-31,33-34,40,43,49,52,57-59,63-64H,4-8,10-11,13-15,17,20,23-24,26,29,32,35-39,41-42,44-48,50-51,53-56H2,1-3H3,(H,62,65)/b12-9+,19-16+,21-18+,25-22+,30-28+,33-31+,34-27+,43-40+,52-49+. The quantitative estimate of drug-likeness (QED) is 0.0244. The van der Waals surface area contributed by atoms with E-state index < -0.39 is 18.2 Å². The maximum Gasteiger partial charge on any atom is 0.306 e. The number of rotatable bonds is 48. The van der Waals surface area contributed by atoms with Crippen LogP contribution in [0.5, 0.6) is 0 Å². The fraction of sp³-hybridized carbons (Fsp3) is 0.672. The van der Waals surface area contributed by atoms with Crippen LogP contribution >= 0.6 is 0 Å². The molecule has 0 bridgehead atoms. The average Bonchev–Trinajstić information content (AvgIpc) is 3.32. The predicted molar refractivity (Wildman–Crippen MR) is 291 cm³/mol. The van der Waals surface area contributed by atoms with Crippen LogP contribution in [0.1, 0.15) is 239 Å². The van der Waals surface area contributed by atoms with Crippen LogP contribution in [-0.2, 0) is 14.3 Å². The van der Waals surface area contributed by atoms with E-state index in [0.717, 1.165) is 89.9 Å². The molecule has 0 fully saturated rings. The van der Waals surface area contributed by atoms with E-state index in [1.54, 1.807) is 6.08 Å². The third kappa shape index (κ3) is 48.8. The van der Waals surface area contributed by atoms with Gasteiger partial charge in [0.1, 0.15) is 6.10 Å². The van der Waals surface area contributed by atoms with Crippen LogP contribution in [0.4, 0.5) is 0 Å². The molecule has 6 heteroatoms. The number of hydrogen-bond donors (Lipinski definition) is 3. The van der Waals surface area contributed by atoms with Crippen molar-refractivity contribution in [2.45, 2.75) is 257 Å². The summed E-state index contributed by atoms with van der Waals surface area (Å²) in [5.74, 6) is -0.661. The molecule has 0 aliphatic rings. The highest BCUT2D eigenvalue weighted by molar-refractivity contribution is 5.78. The Morgan fingerprint density at radius 3 is 1.37 bits per heavy atom. The first-order valence-electron chi connectivity index (χ1n) is 27.7. The van der Waals surface area contributed by atoms with Crippen LogP contribution < -0.4 is 5.32 Å². The highest BCUT2D eigenvalue weighted by Crippen LogP contribution is 2.16. The number of nitrogens with one attached hydrogen (secondary N) is 1. The largest absolute Gasteiger partial charge is 0.458 e. The van der Waals surface area contributed by atoms with E-state index in [4.69, 9.17) is 4.74 Å². The van der Waals surface area contributed by atoms with Crippen molar-refractivity contribution < 1.29 is 24.5 Å². The van der Waals surface area contributed by atoms with Gasteiger partial charge in [0.2, 0.25) is 5.91 Å². The SMILES string of the molecule is CC/C=C/C/C=C/C/C=C/C/C=C/C/C=C/C(CC(=O)NC(CO)C(O)CCCCCCCCCCCCCCCCCC)OC(=O)CCCCCCC/C=C/C=C/C=C/C=C/CCCCC. The number of unbranched alkanes of at least 4 members (excludes halogenated alkanes) is 23. The number of carbonyl (C=O) groups excluding carboxylic acids is 2. The Bertz CT molecular complexity index is 1370. The molecule has 0 spiro atoms. The van der Waals surface area contributed by atoms with Gasteiger partial charge in [-0.3, -0.25) is 9.59 Å². The van der Waals surface area contributed by atoms with E-state index >= 15 is 0 Å². The van der Waals surface area contributed by atoms with E-state index in [1.165, 1.54) is 103 Å². The molecule has 0 saturated carbocycles. The molecule has 0 radical (unpaired) electrons. The molecule has 67 heavy (non-hydrogen) atoms. The lowest BCUT2D eigenvalue weighted by atomic mass is 10.0. The highest BCUT2D eigenvalue weighted by Gasteiger charge is 2.23. The molecule has 0 aromatic carbocycles. The first-order valence-corrected chi connectivity index (χ1v) is 27.7. The van der Waals surface area contributed by atoms with Gasteiger partial charge in [0, 0.05) is 6.42 Å². The van der Waals surface area contributed by atoms with Crippen LogP contribution in [0.15, 0.2) is 109 Å². The van der Waals surface area contributed by atoms with Gasteiger partial charge in [-0.05, 0) is 76.7 Å². The monoisotopic (exact) mass is 930 g/mol. The predicted octanol–water partition coefficient (Wildman–Crippen LogP) is 17.1. The zero-order valence-electron chi connectivity index (χ0n) is 43.5. The van der Waals surface area contributed by atoms with E-state index in [2.05, 4.69) is 123 Å². The van der Waals surface area contributed by atoms with Crippen molar-refractivity contribution in [1.82, 2.24) is 5.32 Å². The fourth-order valence-electron chi connectivity index (χ4n) is 7.76. The van der Waals surface area contributed by atoms with Gasteiger partial charge in [-0.2, -0.15) is 0 Å². The van der Waals surface area contributed by atoms with Crippen molar-refractivity contribution in [3.8, 4) is 0 Å². The molecule has 0 rings (SSSR count). The molecule has 0 aliphatic heterocycles. The Morgan fingerprint density at radius 1 is 0.478 bits per heavy atom. The first-order chi connectivity index (χ1) is 33.0. The number of amides is 1. The molecule has 0 aromatic rings. The van der Waals surface area contributed by atoms with Gasteiger partial charge < -0.3 is 20.3 Å². The molecule has 3 atom stereocenters. The summed E-state index contributed by atoms with van der Waals surface area (Å²) in [5.41, 5.74) is 0. The van der Waals surface area contributed by atoms with Crippen LogP contribution in [0, 0.1) is 0 Å².